The molecule has 0 unspecified atom stereocenters. The molecular formula is C25H30N6O2. The highest BCUT2D eigenvalue weighted by Gasteiger charge is 2.17. The summed E-state index contributed by atoms with van der Waals surface area (Å²) in [4.78, 5) is 21.4. The summed E-state index contributed by atoms with van der Waals surface area (Å²) in [6, 6.07) is 17.7. The zero-order valence-corrected chi connectivity index (χ0v) is 18.9. The predicted octanol–water partition coefficient (Wildman–Crippen LogP) is 3.64. The van der Waals surface area contributed by atoms with Gasteiger partial charge in [-0.1, -0.05) is 48.5 Å². The zero-order valence-electron chi connectivity index (χ0n) is 18.9. The monoisotopic (exact) mass is 446 g/mol. The summed E-state index contributed by atoms with van der Waals surface area (Å²) in [7, 11) is 1.69. The minimum absolute atomic E-state index is 0.155. The number of ether oxygens (including phenoxy) is 1. The SMILES string of the molecule is COCCc1nc2c(N)nc3ccccc3c2n1CCCCNC(=O)NCc1ccccc1. The van der Waals surface area contributed by atoms with Crippen LogP contribution in [0.15, 0.2) is 54.6 Å². The van der Waals surface area contributed by atoms with Crippen LogP contribution in [-0.4, -0.2) is 40.8 Å². The Morgan fingerprint density at radius 2 is 1.82 bits per heavy atom. The summed E-state index contributed by atoms with van der Waals surface area (Å²) in [5, 5.41) is 6.86. The number of methoxy groups -OCH3 is 1. The van der Waals surface area contributed by atoms with E-state index in [1.807, 2.05) is 48.5 Å². The molecular weight excluding hydrogens is 416 g/mol. The van der Waals surface area contributed by atoms with E-state index in [4.69, 9.17) is 15.5 Å². The quantitative estimate of drug-likeness (QED) is 0.323. The number of carbonyl (C=O) groups is 1. The van der Waals surface area contributed by atoms with Gasteiger partial charge in [-0.25, -0.2) is 14.8 Å². The van der Waals surface area contributed by atoms with E-state index in [1.54, 1.807) is 7.11 Å². The van der Waals surface area contributed by atoms with Crippen LogP contribution in [0.3, 0.4) is 0 Å². The summed E-state index contributed by atoms with van der Waals surface area (Å²) >= 11 is 0. The van der Waals surface area contributed by atoms with Crippen molar-refractivity contribution in [1.82, 2.24) is 25.2 Å². The Kier molecular flexibility index (Phi) is 7.36. The molecule has 2 heterocycles. The van der Waals surface area contributed by atoms with E-state index in [0.29, 0.717) is 31.9 Å². The Morgan fingerprint density at radius 1 is 1.03 bits per heavy atom. The topological polar surface area (TPSA) is 107 Å². The van der Waals surface area contributed by atoms with Gasteiger partial charge in [-0.15, -0.1) is 0 Å². The van der Waals surface area contributed by atoms with Gasteiger partial charge in [-0.05, 0) is 24.5 Å². The molecule has 0 spiro atoms. The van der Waals surface area contributed by atoms with Gasteiger partial charge in [-0.3, -0.25) is 0 Å². The Bertz CT molecular complexity index is 1220. The third kappa shape index (κ3) is 5.40. The molecule has 0 fully saturated rings. The normalized spacial score (nSPS) is 11.2. The number of aromatic nitrogens is 3. The number of para-hydroxylation sites is 1. The zero-order chi connectivity index (χ0) is 23.0. The van der Waals surface area contributed by atoms with Crippen LogP contribution in [0.4, 0.5) is 10.6 Å². The summed E-state index contributed by atoms with van der Waals surface area (Å²) < 4.78 is 7.51. The molecule has 33 heavy (non-hydrogen) atoms. The van der Waals surface area contributed by atoms with Crippen LogP contribution in [0.5, 0.6) is 0 Å². The first kappa shape index (κ1) is 22.5. The van der Waals surface area contributed by atoms with Crippen molar-refractivity contribution < 1.29 is 9.53 Å². The first-order valence-electron chi connectivity index (χ1n) is 11.2. The van der Waals surface area contributed by atoms with Crippen molar-refractivity contribution in [2.45, 2.75) is 32.4 Å². The molecule has 0 aliphatic heterocycles. The van der Waals surface area contributed by atoms with Gasteiger partial charge in [0.25, 0.3) is 0 Å². The number of benzene rings is 2. The lowest BCUT2D eigenvalue weighted by molar-refractivity contribution is 0.199. The van der Waals surface area contributed by atoms with Gasteiger partial charge in [0.1, 0.15) is 11.3 Å². The van der Waals surface area contributed by atoms with Gasteiger partial charge in [0.15, 0.2) is 5.82 Å². The van der Waals surface area contributed by atoms with Crippen molar-refractivity contribution in [2.75, 3.05) is 26.0 Å². The van der Waals surface area contributed by atoms with Crippen LogP contribution >= 0.6 is 0 Å². The molecule has 0 atom stereocenters. The van der Waals surface area contributed by atoms with E-state index in [-0.39, 0.29) is 6.03 Å². The molecule has 8 heteroatoms. The number of pyridine rings is 1. The van der Waals surface area contributed by atoms with Crippen molar-refractivity contribution in [3.63, 3.8) is 0 Å². The molecule has 0 aliphatic rings. The Hall–Kier alpha value is -3.65. The number of nitrogens with one attached hydrogen (secondary N) is 2. The van der Waals surface area contributed by atoms with Crippen molar-refractivity contribution >= 4 is 33.8 Å². The summed E-state index contributed by atoms with van der Waals surface area (Å²) in [5.41, 5.74) is 9.92. The van der Waals surface area contributed by atoms with E-state index in [2.05, 4.69) is 26.3 Å². The maximum atomic E-state index is 12.1. The molecule has 4 rings (SSSR count). The largest absolute Gasteiger partial charge is 0.384 e. The van der Waals surface area contributed by atoms with E-state index in [0.717, 1.165) is 52.7 Å². The van der Waals surface area contributed by atoms with Crippen LogP contribution < -0.4 is 16.4 Å². The van der Waals surface area contributed by atoms with E-state index in [1.165, 1.54) is 0 Å². The number of hydrogen-bond acceptors (Lipinski definition) is 5. The highest BCUT2D eigenvalue weighted by atomic mass is 16.5. The molecule has 0 radical (unpaired) electrons. The van der Waals surface area contributed by atoms with Gasteiger partial charge < -0.3 is 25.7 Å². The third-order valence-corrected chi connectivity index (χ3v) is 5.61. The van der Waals surface area contributed by atoms with Crippen molar-refractivity contribution in [2.24, 2.45) is 0 Å². The fraction of sp³-hybridized carbons (Fsp3) is 0.320. The molecule has 4 aromatic rings. The van der Waals surface area contributed by atoms with Gasteiger partial charge in [0, 0.05) is 38.6 Å². The smallest absolute Gasteiger partial charge is 0.315 e. The number of urea groups is 1. The number of rotatable bonds is 10. The second-order valence-electron chi connectivity index (χ2n) is 7.94. The Morgan fingerprint density at radius 3 is 2.64 bits per heavy atom. The second kappa shape index (κ2) is 10.8. The predicted molar refractivity (Wildman–Crippen MR) is 131 cm³/mol. The number of anilines is 1. The van der Waals surface area contributed by atoms with E-state index in [9.17, 15) is 4.79 Å². The summed E-state index contributed by atoms with van der Waals surface area (Å²) in [6.07, 6.45) is 2.43. The number of nitrogen functional groups attached to an aromatic ring is 1. The van der Waals surface area contributed by atoms with Gasteiger partial charge in [0.05, 0.1) is 17.6 Å². The minimum Gasteiger partial charge on any atom is -0.384 e. The van der Waals surface area contributed by atoms with Gasteiger partial charge in [-0.2, -0.15) is 0 Å². The van der Waals surface area contributed by atoms with E-state index >= 15 is 0 Å². The lowest BCUT2D eigenvalue weighted by Crippen LogP contribution is -2.35. The van der Waals surface area contributed by atoms with Crippen LogP contribution in [0.2, 0.25) is 0 Å². The highest BCUT2D eigenvalue weighted by molar-refractivity contribution is 6.06. The number of unbranched alkanes of at least 4 members (excludes halogenated alkanes) is 1. The molecule has 2 aromatic heterocycles. The number of fused-ring (bicyclic) bond motifs is 3. The second-order valence-corrected chi connectivity index (χ2v) is 7.94. The average Bonchev–Trinajstić information content (AvgIpc) is 3.21. The van der Waals surface area contributed by atoms with Gasteiger partial charge >= 0.3 is 6.03 Å². The lowest BCUT2D eigenvalue weighted by Gasteiger charge is -2.12. The van der Waals surface area contributed by atoms with Crippen molar-refractivity contribution in [3.8, 4) is 0 Å². The average molecular weight is 447 g/mol. The van der Waals surface area contributed by atoms with Gasteiger partial charge in [0.2, 0.25) is 0 Å². The number of amides is 2. The number of hydrogen-bond donors (Lipinski definition) is 3. The van der Waals surface area contributed by atoms with Crippen molar-refractivity contribution in [3.05, 3.63) is 66.0 Å². The molecule has 4 N–H and O–H groups in total. The Labute approximate surface area is 193 Å². The molecule has 172 valence electrons. The van der Waals surface area contributed by atoms with Crippen molar-refractivity contribution in [1.29, 1.82) is 0 Å². The highest BCUT2D eigenvalue weighted by Crippen LogP contribution is 2.29. The molecule has 2 amide bonds. The molecule has 8 nitrogen and oxygen atoms in total. The molecule has 0 saturated heterocycles. The first-order valence-corrected chi connectivity index (χ1v) is 11.2. The summed E-state index contributed by atoms with van der Waals surface area (Å²) in [6.45, 7) is 2.47. The first-order chi connectivity index (χ1) is 16.2. The van der Waals surface area contributed by atoms with E-state index < -0.39 is 0 Å². The molecule has 2 aromatic carbocycles. The number of imidazole rings is 1. The minimum atomic E-state index is -0.155. The Balaban J connectivity index is 1.39. The number of nitrogens with two attached hydrogens (primary N) is 1. The maximum absolute atomic E-state index is 12.1. The molecule has 0 aliphatic carbocycles. The summed E-state index contributed by atoms with van der Waals surface area (Å²) in [5.74, 6) is 1.38. The number of nitrogens with zero attached hydrogens (tertiary/aromatic N) is 3. The van der Waals surface area contributed by atoms with Crippen LogP contribution in [0.25, 0.3) is 21.9 Å². The third-order valence-electron chi connectivity index (χ3n) is 5.61. The van der Waals surface area contributed by atoms with Crippen LogP contribution in [0, 0.1) is 0 Å². The fourth-order valence-electron chi connectivity index (χ4n) is 3.97. The molecule has 0 saturated carbocycles. The number of carbonyl (C=O) groups excluding carboxylic acids is 1. The fourth-order valence-corrected chi connectivity index (χ4v) is 3.97. The number of aryl methyl sites for hydroxylation is 1. The van der Waals surface area contributed by atoms with Crippen LogP contribution in [-0.2, 0) is 24.2 Å². The molecule has 0 bridgehead atoms. The maximum Gasteiger partial charge on any atom is 0.315 e. The standard InChI is InChI=1S/C25H30N6O2/c1-33-16-13-21-30-22-23(19-11-5-6-12-20(19)29-24(22)26)31(21)15-8-7-14-27-25(32)28-17-18-9-3-2-4-10-18/h2-6,9-12H,7-8,13-17H2,1H3,(H2,26,29)(H2,27,28,32). The lowest BCUT2D eigenvalue weighted by atomic mass is 10.2. The van der Waals surface area contributed by atoms with Crippen LogP contribution in [0.1, 0.15) is 24.2 Å².